The predicted molar refractivity (Wildman–Crippen MR) is 255 cm³/mol. The maximum atomic E-state index is 11.8. The molecule has 1 aliphatic carbocycles. The molecular formula is C53H55N7O2S. The number of carbonyl (C=O) groups is 1. The molecule has 9 nitrogen and oxygen atoms in total. The first-order valence-electron chi connectivity index (χ1n) is 22.8. The molecule has 320 valence electrons. The van der Waals surface area contributed by atoms with Gasteiger partial charge >= 0.3 is 5.97 Å². The van der Waals surface area contributed by atoms with Gasteiger partial charge in [-0.15, -0.1) is 21.5 Å². The Bertz CT molecular complexity index is 2770. The van der Waals surface area contributed by atoms with Gasteiger partial charge in [0, 0.05) is 79.1 Å². The lowest BCUT2D eigenvalue weighted by molar-refractivity contribution is 0.0570. The van der Waals surface area contributed by atoms with Gasteiger partial charge in [-0.05, 0) is 141 Å². The van der Waals surface area contributed by atoms with Gasteiger partial charge in [0.1, 0.15) is 16.9 Å². The minimum atomic E-state index is -0.870. The summed E-state index contributed by atoms with van der Waals surface area (Å²) in [7, 11) is 0. The number of nitrogens with zero attached hydrogens (tertiary/aromatic N) is 7. The molecule has 2 aromatic heterocycles. The predicted octanol–water partition coefficient (Wildman–Crippen LogP) is 10.1. The van der Waals surface area contributed by atoms with Crippen LogP contribution >= 0.6 is 11.3 Å². The van der Waals surface area contributed by atoms with Crippen molar-refractivity contribution in [1.82, 2.24) is 19.7 Å². The molecule has 3 saturated heterocycles. The van der Waals surface area contributed by atoms with E-state index in [-0.39, 0.29) is 6.04 Å². The molecule has 0 amide bonds. The average molecular weight is 854 g/mol. The van der Waals surface area contributed by atoms with Crippen LogP contribution in [0.1, 0.15) is 98.1 Å². The van der Waals surface area contributed by atoms with Crippen LogP contribution in [0.4, 0.5) is 11.4 Å². The number of aliphatic imine (C=N–C) groups is 1. The third-order valence-electron chi connectivity index (χ3n) is 14.4. The Morgan fingerprint density at radius 2 is 1.41 bits per heavy atom. The van der Waals surface area contributed by atoms with Crippen LogP contribution in [0.2, 0.25) is 0 Å². The Labute approximate surface area is 374 Å². The largest absolute Gasteiger partial charge is 0.478 e. The number of thiophene rings is 1. The topological polar surface area (TPSA) is 90.1 Å². The maximum absolute atomic E-state index is 11.8. The van der Waals surface area contributed by atoms with Gasteiger partial charge in [-0.3, -0.25) is 9.56 Å². The lowest BCUT2D eigenvalue weighted by Crippen LogP contribution is -2.57. The van der Waals surface area contributed by atoms with Gasteiger partial charge in [-0.2, -0.15) is 0 Å². The number of rotatable bonds is 10. The maximum Gasteiger partial charge on any atom is 0.335 e. The number of allylic oxidation sites excluding steroid dienone is 1. The van der Waals surface area contributed by atoms with Gasteiger partial charge < -0.3 is 19.8 Å². The molecule has 63 heavy (non-hydrogen) atoms. The van der Waals surface area contributed by atoms with E-state index in [1.165, 1.54) is 80.7 Å². The summed E-state index contributed by atoms with van der Waals surface area (Å²) in [5, 5.41) is 19.8. The Balaban J connectivity index is 0.667. The van der Waals surface area contributed by atoms with Gasteiger partial charge in [0.2, 0.25) is 0 Å². The summed E-state index contributed by atoms with van der Waals surface area (Å²) in [4.78, 5) is 26.1. The third kappa shape index (κ3) is 7.31. The van der Waals surface area contributed by atoms with Crippen molar-refractivity contribution in [3.05, 3.63) is 158 Å². The number of carboxylic acid groups (broad SMARTS) is 1. The van der Waals surface area contributed by atoms with Gasteiger partial charge in [0.05, 0.1) is 11.3 Å². The monoisotopic (exact) mass is 853 g/mol. The first-order chi connectivity index (χ1) is 30.6. The summed E-state index contributed by atoms with van der Waals surface area (Å²) in [6, 6.07) is 34.5. The van der Waals surface area contributed by atoms with Crippen molar-refractivity contribution >= 4 is 45.5 Å². The zero-order valence-corrected chi connectivity index (χ0v) is 37.5. The van der Waals surface area contributed by atoms with E-state index in [2.05, 4.69) is 129 Å². The molecule has 6 aromatic rings. The molecule has 0 bridgehead atoms. The highest BCUT2D eigenvalue weighted by Gasteiger charge is 2.37. The van der Waals surface area contributed by atoms with Crippen LogP contribution < -0.4 is 9.80 Å². The minimum absolute atomic E-state index is 0.0734. The molecule has 0 radical (unpaired) electrons. The zero-order chi connectivity index (χ0) is 42.9. The number of anilines is 2. The van der Waals surface area contributed by atoms with Crippen molar-refractivity contribution in [3.8, 4) is 5.00 Å². The van der Waals surface area contributed by atoms with Crippen molar-refractivity contribution in [3.63, 3.8) is 0 Å². The molecule has 0 saturated carbocycles. The molecular weight excluding hydrogens is 799 g/mol. The molecule has 5 aliphatic rings. The fraction of sp³-hybridized carbons (Fsp3) is 0.358. The number of fused-ring (bicyclic) bond motifs is 4. The van der Waals surface area contributed by atoms with Gasteiger partial charge in [0.15, 0.2) is 5.82 Å². The summed E-state index contributed by atoms with van der Waals surface area (Å²) in [6.45, 7) is 16.8. The highest BCUT2D eigenvalue weighted by Crippen LogP contribution is 2.42. The van der Waals surface area contributed by atoms with E-state index < -0.39 is 5.97 Å². The number of aromatic nitrogens is 3. The molecule has 10 heteroatoms. The quantitative estimate of drug-likeness (QED) is 0.147. The van der Waals surface area contributed by atoms with Crippen LogP contribution in [-0.4, -0.2) is 82.3 Å². The molecule has 1 atom stereocenters. The zero-order valence-electron chi connectivity index (χ0n) is 36.7. The fourth-order valence-corrected chi connectivity index (χ4v) is 12.2. The standard InChI is InChI=1S/C53H55N7O2S/c1-32-34(3)63-52-48(32)50(54-33(2)51-56-55-35(4)60(51)52)41-15-20-45(21-16-41)58-28-37(29-58)23-36-25-57(26-36)27-38-30-59(31-38)44-18-13-40(14-19-44)49-46(39-9-6-5-7-10-39)12-8-11-42-24-43(53(61)62)17-22-47(42)49/h5-7,9-10,13-22,24,33,36-38H,8,11-12,23,25-31H2,1-4H3,(H,61,62)/t33-/m0/s1. The number of hydrogen-bond acceptors (Lipinski definition) is 8. The number of likely N-dealkylation sites (tertiary alicyclic amines) is 1. The van der Waals surface area contributed by atoms with E-state index in [1.54, 1.807) is 6.07 Å². The first kappa shape index (κ1) is 40.0. The average Bonchev–Trinajstić information content (AvgIpc) is 3.65. The van der Waals surface area contributed by atoms with Crippen LogP contribution in [0.5, 0.6) is 0 Å². The van der Waals surface area contributed by atoms with Crippen LogP contribution in [-0.2, 0) is 6.42 Å². The second kappa shape index (κ2) is 16.1. The van der Waals surface area contributed by atoms with E-state index in [4.69, 9.17) is 4.99 Å². The number of aromatic carboxylic acids is 1. The summed E-state index contributed by atoms with van der Waals surface area (Å²) in [5.41, 5.74) is 15.0. The van der Waals surface area contributed by atoms with Crippen molar-refractivity contribution in [1.29, 1.82) is 0 Å². The van der Waals surface area contributed by atoms with Crippen LogP contribution in [0.3, 0.4) is 0 Å². The fourth-order valence-electron chi connectivity index (χ4n) is 11.0. The first-order valence-corrected chi connectivity index (χ1v) is 23.7. The molecule has 11 rings (SSSR count). The van der Waals surface area contributed by atoms with Crippen molar-refractivity contribution in [2.75, 3.05) is 55.6 Å². The Morgan fingerprint density at radius 1 is 0.746 bits per heavy atom. The molecule has 0 spiro atoms. The minimum Gasteiger partial charge on any atom is -0.478 e. The number of benzene rings is 4. The van der Waals surface area contributed by atoms with Crippen molar-refractivity contribution in [2.45, 2.75) is 59.4 Å². The van der Waals surface area contributed by atoms with Gasteiger partial charge in [-0.25, -0.2) is 4.79 Å². The van der Waals surface area contributed by atoms with Crippen LogP contribution in [0.15, 0.2) is 102 Å². The molecule has 0 unspecified atom stereocenters. The lowest BCUT2D eigenvalue weighted by atomic mass is 9.83. The van der Waals surface area contributed by atoms with E-state index in [0.29, 0.717) is 11.5 Å². The van der Waals surface area contributed by atoms with Gasteiger partial charge in [-0.1, -0.05) is 60.7 Å². The number of carboxylic acids is 1. The van der Waals surface area contributed by atoms with E-state index in [0.717, 1.165) is 91.3 Å². The third-order valence-corrected chi connectivity index (χ3v) is 15.6. The second-order valence-corrected chi connectivity index (χ2v) is 20.0. The molecule has 4 aliphatic heterocycles. The Morgan fingerprint density at radius 3 is 2.11 bits per heavy atom. The van der Waals surface area contributed by atoms with Crippen LogP contribution in [0, 0.1) is 38.5 Å². The summed E-state index contributed by atoms with van der Waals surface area (Å²) in [5.74, 6) is 3.26. The van der Waals surface area contributed by atoms with E-state index in [9.17, 15) is 9.90 Å². The summed E-state index contributed by atoms with van der Waals surface area (Å²) >= 11 is 1.81. The Kier molecular flexibility index (Phi) is 10.2. The number of aryl methyl sites for hydroxylation is 3. The second-order valence-electron chi connectivity index (χ2n) is 18.8. The smallest absolute Gasteiger partial charge is 0.335 e. The molecule has 3 fully saturated rings. The normalized spacial score (nSPS) is 19.3. The summed E-state index contributed by atoms with van der Waals surface area (Å²) in [6.07, 6.45) is 4.15. The van der Waals surface area contributed by atoms with Crippen molar-refractivity contribution in [2.24, 2.45) is 22.7 Å². The highest BCUT2D eigenvalue weighted by molar-refractivity contribution is 7.15. The van der Waals surface area contributed by atoms with Gasteiger partial charge in [0.25, 0.3) is 0 Å². The number of hydrogen-bond donors (Lipinski definition) is 1. The van der Waals surface area contributed by atoms with E-state index >= 15 is 0 Å². The Hall–Kier alpha value is -5.84. The lowest BCUT2D eigenvalue weighted by Gasteiger charge is -2.49. The van der Waals surface area contributed by atoms with E-state index in [1.807, 2.05) is 30.4 Å². The molecule has 4 aromatic carbocycles. The van der Waals surface area contributed by atoms with Crippen molar-refractivity contribution < 1.29 is 9.90 Å². The molecule has 1 N–H and O–H groups in total. The van der Waals surface area contributed by atoms with Crippen LogP contribution in [0.25, 0.3) is 16.1 Å². The summed E-state index contributed by atoms with van der Waals surface area (Å²) < 4.78 is 2.21. The SMILES string of the molecule is Cc1sc2c(c1C)C(c1ccc(N3CC(CC4CN(CC5CN(c6ccc(C7=C(c8ccccc8)CCCc8cc(C(=O)O)ccc87)cc6)C5)C4)C3)cc1)=N[C@@H](C)c1nnc(C)n1-2. The highest BCUT2D eigenvalue weighted by atomic mass is 32.1. The molecule has 6 heterocycles.